The number of piperidine rings is 1. The Kier molecular flexibility index (Phi) is 5.13. The van der Waals surface area contributed by atoms with Crippen molar-refractivity contribution in [2.75, 3.05) is 19.6 Å². The van der Waals surface area contributed by atoms with Crippen molar-refractivity contribution in [2.45, 2.75) is 39.2 Å². The van der Waals surface area contributed by atoms with Crippen molar-refractivity contribution in [3.63, 3.8) is 0 Å². The largest absolute Gasteiger partial charge is 0.444 e. The maximum atomic E-state index is 12.1. The molecule has 134 valence electrons. The van der Waals surface area contributed by atoms with Gasteiger partial charge in [0.1, 0.15) is 5.60 Å². The highest BCUT2D eigenvalue weighted by atomic mass is 35.5. The number of hydrogen-bond donors (Lipinski definition) is 0. The van der Waals surface area contributed by atoms with E-state index in [9.17, 15) is 4.79 Å². The van der Waals surface area contributed by atoms with E-state index < -0.39 is 5.60 Å². The molecule has 0 atom stereocenters. The first-order valence-electron chi connectivity index (χ1n) is 8.67. The zero-order chi connectivity index (χ0) is 18.0. The molecule has 3 rings (SSSR count). The second-order valence-electron chi connectivity index (χ2n) is 7.49. The molecule has 1 fully saturated rings. The first-order chi connectivity index (χ1) is 11.8. The highest BCUT2D eigenvalue weighted by Gasteiger charge is 2.30. The zero-order valence-corrected chi connectivity index (χ0v) is 15.7. The lowest BCUT2D eigenvalue weighted by molar-refractivity contribution is 0.0201. The molecule has 2 aliphatic heterocycles. The summed E-state index contributed by atoms with van der Waals surface area (Å²) in [6, 6.07) is 7.62. The molecule has 0 aromatic heterocycles. The predicted molar refractivity (Wildman–Crippen MR) is 101 cm³/mol. The normalized spacial score (nSPS) is 18.8. The maximum Gasteiger partial charge on any atom is 0.410 e. The molecule has 6 heteroatoms. The molecule has 1 amide bonds. The lowest BCUT2D eigenvalue weighted by Gasteiger charge is -2.33. The summed E-state index contributed by atoms with van der Waals surface area (Å²) in [5.41, 5.74) is 1.61. The minimum atomic E-state index is -0.455. The third kappa shape index (κ3) is 4.60. The van der Waals surface area contributed by atoms with E-state index in [1.54, 1.807) is 4.90 Å². The molecular weight excluding hydrogens is 338 g/mol. The molecule has 1 aromatic rings. The van der Waals surface area contributed by atoms with E-state index in [2.05, 4.69) is 4.99 Å². The Morgan fingerprint density at radius 2 is 2.00 bits per heavy atom. The van der Waals surface area contributed by atoms with Gasteiger partial charge in [0.2, 0.25) is 0 Å². The molecule has 2 heterocycles. The quantitative estimate of drug-likeness (QED) is 0.793. The Balaban J connectivity index is 1.57. The summed E-state index contributed by atoms with van der Waals surface area (Å²) < 4.78 is 5.45. The van der Waals surface area contributed by atoms with Gasteiger partial charge in [-0.1, -0.05) is 23.7 Å². The second-order valence-corrected chi connectivity index (χ2v) is 7.93. The summed E-state index contributed by atoms with van der Waals surface area (Å²) in [7, 11) is 0. The summed E-state index contributed by atoms with van der Waals surface area (Å²) in [6.07, 6.45) is 1.57. The number of amides is 1. The molecule has 0 spiro atoms. The van der Waals surface area contributed by atoms with E-state index >= 15 is 0 Å². The van der Waals surface area contributed by atoms with Crippen LogP contribution in [0.15, 0.2) is 34.3 Å². The van der Waals surface area contributed by atoms with E-state index in [1.165, 1.54) is 0 Å². The van der Waals surface area contributed by atoms with Gasteiger partial charge in [0.15, 0.2) is 5.84 Å². The van der Waals surface area contributed by atoms with Crippen molar-refractivity contribution in [1.29, 1.82) is 0 Å². The Morgan fingerprint density at radius 3 is 2.64 bits per heavy atom. The van der Waals surface area contributed by atoms with E-state index in [0.29, 0.717) is 30.6 Å². The molecule has 0 radical (unpaired) electrons. The smallest absolute Gasteiger partial charge is 0.410 e. The second kappa shape index (κ2) is 7.16. The number of carbonyl (C=O) groups is 1. The standard InChI is InChI=1S/C19H24ClN3O2/c1-19(2,3)25-18(24)23-9-7-13(8-10-23)16-12-21-17(22-16)14-5-4-6-15(20)11-14/h4-6,11,13H,7-10,12H2,1-3H3. The van der Waals surface area contributed by atoms with Crippen LogP contribution in [-0.4, -0.2) is 47.8 Å². The monoisotopic (exact) mass is 361 g/mol. The Morgan fingerprint density at radius 1 is 1.28 bits per heavy atom. The fourth-order valence-corrected chi connectivity index (χ4v) is 3.28. The molecule has 0 N–H and O–H groups in total. The van der Waals surface area contributed by atoms with Crippen molar-refractivity contribution in [3.05, 3.63) is 34.9 Å². The summed E-state index contributed by atoms with van der Waals surface area (Å²) in [6.45, 7) is 7.70. The highest BCUT2D eigenvalue weighted by molar-refractivity contribution is 6.31. The molecule has 5 nitrogen and oxygen atoms in total. The first kappa shape index (κ1) is 17.9. The molecule has 0 saturated carbocycles. The minimum Gasteiger partial charge on any atom is -0.444 e. The Labute approximate surface area is 153 Å². The molecule has 25 heavy (non-hydrogen) atoms. The van der Waals surface area contributed by atoms with Gasteiger partial charge < -0.3 is 9.64 Å². The van der Waals surface area contributed by atoms with Gasteiger partial charge in [0.25, 0.3) is 0 Å². The van der Waals surface area contributed by atoms with Gasteiger partial charge in [-0.05, 0) is 45.7 Å². The van der Waals surface area contributed by atoms with Crippen LogP contribution in [-0.2, 0) is 4.74 Å². The fraction of sp³-hybridized carbons (Fsp3) is 0.526. The van der Waals surface area contributed by atoms with E-state index in [-0.39, 0.29) is 6.09 Å². The summed E-state index contributed by atoms with van der Waals surface area (Å²) in [5.74, 6) is 1.13. The number of amidine groups is 1. The molecule has 1 saturated heterocycles. The van der Waals surface area contributed by atoms with E-state index in [1.807, 2.05) is 45.0 Å². The average molecular weight is 362 g/mol. The number of benzene rings is 1. The number of rotatable bonds is 2. The van der Waals surface area contributed by atoms with Crippen LogP contribution in [0.3, 0.4) is 0 Å². The SMILES string of the molecule is CC(C)(C)OC(=O)N1CCC(C2=NC(c3cccc(Cl)c3)=NC2)CC1. The van der Waals surface area contributed by atoms with Gasteiger partial charge in [-0.3, -0.25) is 4.99 Å². The average Bonchev–Trinajstić information content (AvgIpc) is 3.03. The lowest BCUT2D eigenvalue weighted by atomic mass is 9.92. The Hall–Kier alpha value is -1.88. The van der Waals surface area contributed by atoms with Crippen molar-refractivity contribution >= 4 is 29.2 Å². The van der Waals surface area contributed by atoms with Crippen molar-refractivity contribution in [1.82, 2.24) is 4.90 Å². The number of carbonyl (C=O) groups excluding carboxylic acids is 1. The van der Waals surface area contributed by atoms with E-state index in [4.69, 9.17) is 21.3 Å². The number of likely N-dealkylation sites (tertiary alicyclic amines) is 1. The van der Waals surface area contributed by atoms with Crippen LogP contribution in [0.4, 0.5) is 4.79 Å². The van der Waals surface area contributed by atoms with Crippen LogP contribution >= 0.6 is 11.6 Å². The topological polar surface area (TPSA) is 54.3 Å². The van der Waals surface area contributed by atoms with Gasteiger partial charge in [-0.15, -0.1) is 0 Å². The van der Waals surface area contributed by atoms with E-state index in [0.717, 1.165) is 30.0 Å². The first-order valence-corrected chi connectivity index (χ1v) is 9.05. The van der Waals surface area contributed by atoms with Gasteiger partial charge >= 0.3 is 6.09 Å². The molecule has 1 aromatic carbocycles. The van der Waals surface area contributed by atoms with Gasteiger partial charge in [-0.25, -0.2) is 9.79 Å². The third-order valence-corrected chi connectivity index (χ3v) is 4.58. The molecule has 0 bridgehead atoms. The van der Waals surface area contributed by atoms with Crippen LogP contribution in [0.2, 0.25) is 5.02 Å². The minimum absolute atomic E-state index is 0.227. The molecule has 0 unspecified atom stereocenters. The van der Waals surface area contributed by atoms with Crippen LogP contribution in [0, 0.1) is 5.92 Å². The summed E-state index contributed by atoms with van der Waals surface area (Å²) >= 11 is 6.05. The third-order valence-electron chi connectivity index (χ3n) is 4.34. The lowest BCUT2D eigenvalue weighted by Crippen LogP contribution is -2.43. The number of halogens is 1. The number of ether oxygens (including phenoxy) is 1. The molecule has 0 aliphatic carbocycles. The van der Waals surface area contributed by atoms with Crippen molar-refractivity contribution in [3.8, 4) is 0 Å². The molecular formula is C19H24ClN3O2. The van der Waals surface area contributed by atoms with Crippen LogP contribution in [0.5, 0.6) is 0 Å². The predicted octanol–water partition coefficient (Wildman–Crippen LogP) is 4.19. The van der Waals surface area contributed by atoms with Crippen LogP contribution in [0.1, 0.15) is 39.2 Å². The molecule has 2 aliphatic rings. The van der Waals surface area contributed by atoms with Gasteiger partial charge in [0, 0.05) is 35.3 Å². The van der Waals surface area contributed by atoms with Crippen LogP contribution in [0.25, 0.3) is 0 Å². The van der Waals surface area contributed by atoms with Gasteiger partial charge in [-0.2, -0.15) is 0 Å². The number of aliphatic imine (C=N–C) groups is 2. The summed E-state index contributed by atoms with van der Waals surface area (Å²) in [5, 5.41) is 0.689. The Bertz CT molecular complexity index is 714. The maximum absolute atomic E-state index is 12.1. The fourth-order valence-electron chi connectivity index (χ4n) is 3.09. The van der Waals surface area contributed by atoms with Crippen molar-refractivity contribution < 1.29 is 9.53 Å². The van der Waals surface area contributed by atoms with Crippen molar-refractivity contribution in [2.24, 2.45) is 15.9 Å². The zero-order valence-electron chi connectivity index (χ0n) is 15.0. The number of hydrogen-bond acceptors (Lipinski definition) is 4. The van der Waals surface area contributed by atoms with Gasteiger partial charge in [0.05, 0.1) is 6.54 Å². The van der Waals surface area contributed by atoms with Crippen LogP contribution < -0.4 is 0 Å². The summed E-state index contributed by atoms with van der Waals surface area (Å²) in [4.78, 5) is 23.2. The highest BCUT2D eigenvalue weighted by Crippen LogP contribution is 2.24. The number of nitrogens with zero attached hydrogens (tertiary/aromatic N) is 3.